The van der Waals surface area contributed by atoms with Crippen LogP contribution < -0.4 is 10.6 Å². The van der Waals surface area contributed by atoms with Crippen LogP contribution in [0.3, 0.4) is 0 Å². The van der Waals surface area contributed by atoms with Crippen molar-refractivity contribution in [3.8, 4) is 0 Å². The van der Waals surface area contributed by atoms with E-state index >= 15 is 0 Å². The summed E-state index contributed by atoms with van der Waals surface area (Å²) in [6.07, 6.45) is 2.23. The molecule has 18 heavy (non-hydrogen) atoms. The van der Waals surface area contributed by atoms with E-state index in [1.165, 1.54) is 5.56 Å². The van der Waals surface area contributed by atoms with E-state index in [1.54, 1.807) is 0 Å². The van der Waals surface area contributed by atoms with Gasteiger partial charge in [0.1, 0.15) is 0 Å². The minimum absolute atomic E-state index is 0.0463. The van der Waals surface area contributed by atoms with Crippen LogP contribution in [0.25, 0.3) is 0 Å². The summed E-state index contributed by atoms with van der Waals surface area (Å²) >= 11 is 0. The molecule has 1 aliphatic rings. The summed E-state index contributed by atoms with van der Waals surface area (Å²) in [5, 5.41) is 5.90. The molecule has 3 heteroatoms. The Bertz CT molecular complexity index is 407. The van der Waals surface area contributed by atoms with Gasteiger partial charge in [-0.2, -0.15) is 0 Å². The van der Waals surface area contributed by atoms with Gasteiger partial charge >= 0.3 is 6.03 Å². The molecule has 1 atom stereocenters. The van der Waals surface area contributed by atoms with Gasteiger partial charge in [-0.25, -0.2) is 4.79 Å². The Hall–Kier alpha value is -1.51. The largest absolute Gasteiger partial charge is 0.335 e. The van der Waals surface area contributed by atoms with Crippen molar-refractivity contribution >= 4 is 6.03 Å². The van der Waals surface area contributed by atoms with Gasteiger partial charge < -0.3 is 10.6 Å². The zero-order valence-electron chi connectivity index (χ0n) is 11.4. The minimum atomic E-state index is -0.0575. The van der Waals surface area contributed by atoms with Gasteiger partial charge in [0.15, 0.2) is 0 Å². The third-order valence-corrected chi connectivity index (χ3v) is 3.36. The van der Waals surface area contributed by atoms with E-state index in [2.05, 4.69) is 48.7 Å². The number of rotatable bonds is 4. The van der Waals surface area contributed by atoms with Crippen LogP contribution in [0.15, 0.2) is 24.3 Å². The van der Waals surface area contributed by atoms with E-state index in [9.17, 15) is 4.79 Å². The maximum Gasteiger partial charge on any atom is 0.315 e. The second-order valence-corrected chi connectivity index (χ2v) is 5.44. The molecule has 0 spiro atoms. The van der Waals surface area contributed by atoms with E-state index in [4.69, 9.17) is 0 Å². The predicted octanol–water partition coefficient (Wildman–Crippen LogP) is 3.33. The van der Waals surface area contributed by atoms with Crippen molar-refractivity contribution < 1.29 is 4.79 Å². The summed E-state index contributed by atoms with van der Waals surface area (Å²) in [5.74, 6) is 0.542. The van der Waals surface area contributed by atoms with Crippen LogP contribution >= 0.6 is 0 Å². The Balaban J connectivity index is 1.90. The van der Waals surface area contributed by atoms with Crippen LogP contribution in [0.1, 0.15) is 56.7 Å². The molecule has 0 unspecified atom stereocenters. The highest BCUT2D eigenvalue weighted by molar-refractivity contribution is 5.75. The van der Waals surface area contributed by atoms with Crippen molar-refractivity contribution in [3.63, 3.8) is 0 Å². The average molecular weight is 246 g/mol. The molecule has 1 aliphatic carbocycles. The van der Waals surface area contributed by atoms with Crippen molar-refractivity contribution in [3.05, 3.63) is 35.4 Å². The molecule has 0 bridgehead atoms. The standard InChI is InChI=1S/C15H22N2O/c1-10(2)12-4-6-13(7-5-12)11(3)16-15(18)17-14-8-9-14/h4-7,10-11,14H,8-9H2,1-3H3,(H2,16,17,18)/t11-/m1/s1. The van der Waals surface area contributed by atoms with E-state index < -0.39 is 0 Å². The first-order chi connectivity index (χ1) is 8.56. The molecule has 0 radical (unpaired) electrons. The number of carbonyl (C=O) groups is 1. The number of benzene rings is 1. The maximum absolute atomic E-state index is 11.6. The molecule has 2 N–H and O–H groups in total. The van der Waals surface area contributed by atoms with Crippen LogP contribution in [-0.4, -0.2) is 12.1 Å². The average Bonchev–Trinajstić information content (AvgIpc) is 3.12. The smallest absolute Gasteiger partial charge is 0.315 e. The van der Waals surface area contributed by atoms with E-state index in [1.807, 2.05) is 6.92 Å². The van der Waals surface area contributed by atoms with Gasteiger partial charge in [-0.3, -0.25) is 0 Å². The Morgan fingerprint density at radius 2 is 1.67 bits per heavy atom. The van der Waals surface area contributed by atoms with Crippen molar-refractivity contribution in [2.24, 2.45) is 0 Å². The van der Waals surface area contributed by atoms with Crippen LogP contribution in [0, 0.1) is 0 Å². The molecule has 2 rings (SSSR count). The fourth-order valence-electron chi connectivity index (χ4n) is 1.90. The van der Waals surface area contributed by atoms with E-state index in [0.29, 0.717) is 12.0 Å². The number of amides is 2. The first-order valence-electron chi connectivity index (χ1n) is 6.73. The Kier molecular flexibility index (Phi) is 3.90. The van der Waals surface area contributed by atoms with Gasteiger partial charge in [-0.1, -0.05) is 38.1 Å². The zero-order chi connectivity index (χ0) is 13.1. The van der Waals surface area contributed by atoms with Crippen molar-refractivity contribution in [2.45, 2.75) is 51.6 Å². The lowest BCUT2D eigenvalue weighted by Crippen LogP contribution is -2.38. The highest BCUT2D eigenvalue weighted by atomic mass is 16.2. The summed E-state index contributed by atoms with van der Waals surface area (Å²) in [7, 11) is 0. The number of hydrogen-bond donors (Lipinski definition) is 2. The number of nitrogens with one attached hydrogen (secondary N) is 2. The highest BCUT2D eigenvalue weighted by Crippen LogP contribution is 2.20. The van der Waals surface area contributed by atoms with Crippen LogP contribution in [-0.2, 0) is 0 Å². The highest BCUT2D eigenvalue weighted by Gasteiger charge is 2.23. The molecule has 1 saturated carbocycles. The molecular weight excluding hydrogens is 224 g/mol. The summed E-state index contributed by atoms with van der Waals surface area (Å²) < 4.78 is 0. The molecule has 3 nitrogen and oxygen atoms in total. The summed E-state index contributed by atoms with van der Waals surface area (Å²) in [4.78, 5) is 11.6. The molecule has 0 heterocycles. The minimum Gasteiger partial charge on any atom is -0.335 e. The lowest BCUT2D eigenvalue weighted by Gasteiger charge is -2.16. The van der Waals surface area contributed by atoms with Crippen molar-refractivity contribution in [1.82, 2.24) is 10.6 Å². The van der Waals surface area contributed by atoms with Gasteiger partial charge in [0, 0.05) is 6.04 Å². The number of carbonyl (C=O) groups excluding carboxylic acids is 1. The molecular formula is C15H22N2O. The number of hydrogen-bond acceptors (Lipinski definition) is 1. The van der Waals surface area contributed by atoms with Crippen molar-refractivity contribution in [1.29, 1.82) is 0 Å². The molecule has 98 valence electrons. The summed E-state index contributed by atoms with van der Waals surface area (Å²) in [6, 6.07) is 8.85. The Morgan fingerprint density at radius 3 is 2.17 bits per heavy atom. The Labute approximate surface area is 109 Å². The Morgan fingerprint density at radius 1 is 1.11 bits per heavy atom. The second kappa shape index (κ2) is 5.42. The molecule has 2 amide bonds. The molecule has 0 aromatic heterocycles. The number of urea groups is 1. The fourth-order valence-corrected chi connectivity index (χ4v) is 1.90. The van der Waals surface area contributed by atoms with Gasteiger partial charge in [-0.15, -0.1) is 0 Å². The first kappa shape index (κ1) is 12.9. The SMILES string of the molecule is CC(C)c1ccc([C@@H](C)NC(=O)NC2CC2)cc1. The maximum atomic E-state index is 11.6. The van der Waals surface area contributed by atoms with Crippen LogP contribution in [0.4, 0.5) is 4.79 Å². The van der Waals surface area contributed by atoms with Crippen LogP contribution in [0.2, 0.25) is 0 Å². The zero-order valence-corrected chi connectivity index (χ0v) is 11.4. The van der Waals surface area contributed by atoms with E-state index in [0.717, 1.165) is 18.4 Å². The second-order valence-electron chi connectivity index (χ2n) is 5.44. The van der Waals surface area contributed by atoms with Gasteiger partial charge in [0.25, 0.3) is 0 Å². The predicted molar refractivity (Wildman–Crippen MR) is 73.6 cm³/mol. The molecule has 1 aromatic rings. The van der Waals surface area contributed by atoms with E-state index in [-0.39, 0.29) is 12.1 Å². The third kappa shape index (κ3) is 3.49. The topological polar surface area (TPSA) is 41.1 Å². The monoisotopic (exact) mass is 246 g/mol. The third-order valence-electron chi connectivity index (χ3n) is 3.36. The van der Waals surface area contributed by atoms with Gasteiger partial charge in [-0.05, 0) is 36.8 Å². The summed E-state index contributed by atoms with van der Waals surface area (Å²) in [6.45, 7) is 6.37. The normalized spacial score (nSPS) is 16.4. The quantitative estimate of drug-likeness (QED) is 0.840. The summed E-state index contributed by atoms with van der Waals surface area (Å²) in [5.41, 5.74) is 2.47. The lowest BCUT2D eigenvalue weighted by molar-refractivity contribution is 0.237. The first-order valence-corrected chi connectivity index (χ1v) is 6.73. The molecule has 1 aromatic carbocycles. The molecule has 1 fully saturated rings. The van der Waals surface area contributed by atoms with Gasteiger partial charge in [0.2, 0.25) is 0 Å². The van der Waals surface area contributed by atoms with Crippen LogP contribution in [0.5, 0.6) is 0 Å². The molecule has 0 aliphatic heterocycles. The van der Waals surface area contributed by atoms with Gasteiger partial charge in [0.05, 0.1) is 6.04 Å². The fraction of sp³-hybridized carbons (Fsp3) is 0.533. The van der Waals surface area contributed by atoms with Crippen molar-refractivity contribution in [2.75, 3.05) is 0 Å². The molecule has 0 saturated heterocycles. The lowest BCUT2D eigenvalue weighted by atomic mass is 10.00.